The fourth-order valence-electron chi connectivity index (χ4n) is 2.76. The van der Waals surface area contributed by atoms with Gasteiger partial charge in [0.05, 0.1) is 25.6 Å². The predicted molar refractivity (Wildman–Crippen MR) is 117 cm³/mol. The number of methoxy groups -OCH3 is 2. The van der Waals surface area contributed by atoms with Crippen molar-refractivity contribution >= 4 is 34.1 Å². The van der Waals surface area contributed by atoms with Gasteiger partial charge in [-0.1, -0.05) is 41.7 Å². The number of amides is 3. The van der Waals surface area contributed by atoms with Crippen LogP contribution in [-0.2, 0) is 6.54 Å². The monoisotopic (exact) mass is 426 g/mol. The molecule has 0 saturated carbocycles. The summed E-state index contributed by atoms with van der Waals surface area (Å²) < 4.78 is 10.5. The highest BCUT2D eigenvalue weighted by molar-refractivity contribution is 7.17. The van der Waals surface area contributed by atoms with Crippen molar-refractivity contribution in [1.82, 2.24) is 10.3 Å². The number of carbonyl (C=O) groups is 2. The summed E-state index contributed by atoms with van der Waals surface area (Å²) in [5.41, 5.74) is 1.93. The van der Waals surface area contributed by atoms with Crippen LogP contribution in [0, 0.1) is 6.92 Å². The molecule has 0 aliphatic carbocycles. The van der Waals surface area contributed by atoms with Gasteiger partial charge in [0.2, 0.25) is 0 Å². The number of aryl methyl sites for hydroxylation is 1. The average molecular weight is 426 g/mol. The number of nitrogens with one attached hydrogen (secondary N) is 3. The molecule has 9 heteroatoms. The number of carbonyl (C=O) groups excluding carboxylic acids is 2. The molecule has 0 unspecified atom stereocenters. The number of rotatable bonds is 7. The van der Waals surface area contributed by atoms with Gasteiger partial charge in [0.25, 0.3) is 5.91 Å². The molecule has 3 rings (SSSR count). The molecule has 3 aromatic rings. The number of urea groups is 1. The highest BCUT2D eigenvalue weighted by atomic mass is 32.1. The van der Waals surface area contributed by atoms with Crippen LogP contribution in [0.5, 0.6) is 11.5 Å². The number of nitrogens with zero attached hydrogens (tertiary/aromatic N) is 1. The van der Waals surface area contributed by atoms with Crippen LogP contribution in [0.1, 0.15) is 20.9 Å². The first-order valence-electron chi connectivity index (χ1n) is 9.10. The molecule has 1 heterocycles. The second-order valence-electron chi connectivity index (χ2n) is 6.21. The molecule has 30 heavy (non-hydrogen) atoms. The number of hydrogen-bond donors (Lipinski definition) is 3. The third-order valence-electron chi connectivity index (χ3n) is 4.21. The number of anilines is 2. The molecule has 3 N–H and O–H groups in total. The Bertz CT molecular complexity index is 1050. The Hall–Kier alpha value is -3.59. The van der Waals surface area contributed by atoms with E-state index in [9.17, 15) is 9.59 Å². The largest absolute Gasteiger partial charge is 0.496 e. The van der Waals surface area contributed by atoms with Gasteiger partial charge < -0.3 is 20.1 Å². The van der Waals surface area contributed by atoms with E-state index >= 15 is 0 Å². The van der Waals surface area contributed by atoms with Crippen LogP contribution in [0.2, 0.25) is 0 Å². The Balaban J connectivity index is 1.63. The van der Waals surface area contributed by atoms with Crippen molar-refractivity contribution in [2.24, 2.45) is 0 Å². The van der Waals surface area contributed by atoms with Gasteiger partial charge in [-0.15, -0.1) is 0 Å². The maximum atomic E-state index is 12.6. The molecule has 0 fully saturated rings. The molecular weight excluding hydrogens is 404 g/mol. The molecule has 2 aromatic carbocycles. The Morgan fingerprint density at radius 3 is 2.37 bits per heavy atom. The predicted octanol–water partition coefficient (Wildman–Crippen LogP) is 4.04. The molecule has 0 saturated heterocycles. The van der Waals surface area contributed by atoms with Crippen molar-refractivity contribution in [3.05, 3.63) is 64.7 Å². The Morgan fingerprint density at radius 1 is 0.967 bits per heavy atom. The lowest BCUT2D eigenvalue weighted by Crippen LogP contribution is -2.22. The second kappa shape index (κ2) is 9.75. The summed E-state index contributed by atoms with van der Waals surface area (Å²) in [5.74, 6) is 0.975. The van der Waals surface area contributed by atoms with Crippen molar-refractivity contribution < 1.29 is 19.1 Å². The lowest BCUT2D eigenvalue weighted by atomic mass is 10.2. The minimum absolute atomic E-state index is 0.269. The minimum Gasteiger partial charge on any atom is -0.496 e. The van der Waals surface area contributed by atoms with Gasteiger partial charge in [0.1, 0.15) is 16.4 Å². The van der Waals surface area contributed by atoms with Crippen molar-refractivity contribution in [3.8, 4) is 11.5 Å². The first kappa shape index (κ1) is 21.1. The maximum absolute atomic E-state index is 12.6. The fourth-order valence-corrected chi connectivity index (χ4v) is 3.64. The smallest absolute Gasteiger partial charge is 0.325 e. The lowest BCUT2D eigenvalue weighted by Gasteiger charge is -2.09. The average Bonchev–Trinajstić information content (AvgIpc) is 3.12. The minimum atomic E-state index is -0.478. The quantitative estimate of drug-likeness (QED) is 0.529. The van der Waals surface area contributed by atoms with Gasteiger partial charge in [-0.25, -0.2) is 9.78 Å². The topological polar surface area (TPSA) is 102 Å². The molecule has 8 nitrogen and oxygen atoms in total. The summed E-state index contributed by atoms with van der Waals surface area (Å²) in [4.78, 5) is 29.6. The second-order valence-corrected chi connectivity index (χ2v) is 7.21. The van der Waals surface area contributed by atoms with E-state index < -0.39 is 6.03 Å². The molecule has 3 amide bonds. The molecule has 1 aromatic heterocycles. The molecular formula is C21H22N4O4S. The molecule has 0 spiro atoms. The van der Waals surface area contributed by atoms with E-state index in [0.29, 0.717) is 39.4 Å². The summed E-state index contributed by atoms with van der Waals surface area (Å²) in [7, 11) is 3.11. The third-order valence-corrected chi connectivity index (χ3v) is 5.28. The van der Waals surface area contributed by atoms with Gasteiger partial charge in [-0.3, -0.25) is 10.1 Å². The molecule has 0 aliphatic rings. The van der Waals surface area contributed by atoms with Crippen LogP contribution in [0.25, 0.3) is 0 Å². The van der Waals surface area contributed by atoms with Crippen molar-refractivity contribution in [1.29, 1.82) is 0 Å². The fraction of sp³-hybridized carbons (Fsp3) is 0.190. The zero-order valence-electron chi connectivity index (χ0n) is 16.8. The van der Waals surface area contributed by atoms with Crippen LogP contribution in [0.3, 0.4) is 0 Å². The van der Waals surface area contributed by atoms with E-state index in [1.807, 2.05) is 30.3 Å². The lowest BCUT2D eigenvalue weighted by molar-refractivity contribution is 0.0954. The Labute approximate surface area is 178 Å². The van der Waals surface area contributed by atoms with E-state index in [0.717, 1.165) is 16.9 Å². The van der Waals surface area contributed by atoms with Crippen LogP contribution < -0.4 is 25.4 Å². The molecule has 0 bridgehead atoms. The summed E-state index contributed by atoms with van der Waals surface area (Å²) in [6.07, 6.45) is 0. The number of thiazole rings is 1. The summed E-state index contributed by atoms with van der Waals surface area (Å²) >= 11 is 1.10. The van der Waals surface area contributed by atoms with Crippen molar-refractivity contribution in [2.75, 3.05) is 24.9 Å². The first-order valence-corrected chi connectivity index (χ1v) is 9.92. The number of para-hydroxylation sites is 3. The molecule has 156 valence electrons. The van der Waals surface area contributed by atoms with Gasteiger partial charge in [0.15, 0.2) is 5.13 Å². The standard InChI is InChI=1S/C21H22N4O4S/c1-13-18(19(26)22-12-14-8-4-6-10-16(14)28-2)30-21(23-13)25-20(27)24-15-9-5-7-11-17(15)29-3/h4-11H,12H2,1-3H3,(H,22,26)(H2,23,24,25,27). The molecule has 0 atom stereocenters. The van der Waals surface area contributed by atoms with E-state index in [1.165, 1.54) is 7.11 Å². The Morgan fingerprint density at radius 2 is 1.63 bits per heavy atom. The van der Waals surface area contributed by atoms with E-state index in [-0.39, 0.29) is 5.91 Å². The maximum Gasteiger partial charge on any atom is 0.325 e. The van der Waals surface area contributed by atoms with Gasteiger partial charge in [-0.05, 0) is 25.1 Å². The number of benzene rings is 2. The van der Waals surface area contributed by atoms with E-state index in [1.54, 1.807) is 32.2 Å². The van der Waals surface area contributed by atoms with E-state index in [4.69, 9.17) is 9.47 Å². The number of aromatic nitrogens is 1. The summed E-state index contributed by atoms with van der Waals surface area (Å²) in [6, 6.07) is 14.0. The Kier molecular flexibility index (Phi) is 6.87. The van der Waals surface area contributed by atoms with Crippen molar-refractivity contribution in [3.63, 3.8) is 0 Å². The summed E-state index contributed by atoms with van der Waals surface area (Å²) in [5, 5.41) is 8.54. The van der Waals surface area contributed by atoms with Crippen LogP contribution in [0.4, 0.5) is 15.6 Å². The van der Waals surface area contributed by atoms with E-state index in [2.05, 4.69) is 20.9 Å². The number of hydrogen-bond acceptors (Lipinski definition) is 6. The normalized spacial score (nSPS) is 10.2. The zero-order chi connectivity index (χ0) is 21.5. The van der Waals surface area contributed by atoms with Gasteiger partial charge >= 0.3 is 6.03 Å². The highest BCUT2D eigenvalue weighted by Crippen LogP contribution is 2.25. The van der Waals surface area contributed by atoms with Crippen molar-refractivity contribution in [2.45, 2.75) is 13.5 Å². The van der Waals surface area contributed by atoms with Gasteiger partial charge in [-0.2, -0.15) is 0 Å². The highest BCUT2D eigenvalue weighted by Gasteiger charge is 2.17. The summed E-state index contributed by atoms with van der Waals surface area (Å²) in [6.45, 7) is 2.04. The molecule has 0 aliphatic heterocycles. The van der Waals surface area contributed by atoms with Crippen LogP contribution >= 0.6 is 11.3 Å². The SMILES string of the molecule is COc1ccccc1CNC(=O)c1sc(NC(=O)Nc2ccccc2OC)nc1C. The number of ether oxygens (including phenoxy) is 2. The van der Waals surface area contributed by atoms with Gasteiger partial charge in [0, 0.05) is 12.1 Å². The van der Waals surface area contributed by atoms with Crippen LogP contribution in [-0.4, -0.2) is 31.1 Å². The third kappa shape index (κ3) is 5.06. The zero-order valence-corrected chi connectivity index (χ0v) is 17.6. The first-order chi connectivity index (χ1) is 14.5. The van der Waals surface area contributed by atoms with Crippen LogP contribution in [0.15, 0.2) is 48.5 Å². The molecule has 0 radical (unpaired) electrons.